The number of nitrogens with zero attached hydrogens (tertiary/aromatic N) is 3. The standard InChI is InChI=1S/C27H25ClN4O5/c1-16-8-5-6-9-18(16)19-10-7-13-27(22(19)28,21-12-11-17(15-33)24(29-21)37-4)30-23(34)20-14-31(2)26(36)32(3)25(20)35/h5-15,22H,1-4H3,(H,30,34). The predicted molar refractivity (Wildman–Crippen MR) is 140 cm³/mol. The van der Waals surface area contributed by atoms with Crippen molar-refractivity contribution in [3.63, 3.8) is 0 Å². The van der Waals surface area contributed by atoms with E-state index in [1.165, 1.54) is 33.5 Å². The Morgan fingerprint density at radius 3 is 2.59 bits per heavy atom. The van der Waals surface area contributed by atoms with Crippen molar-refractivity contribution in [3.05, 3.63) is 110 Å². The van der Waals surface area contributed by atoms with Gasteiger partial charge in [0.15, 0.2) is 6.29 Å². The van der Waals surface area contributed by atoms with Crippen LogP contribution in [0.2, 0.25) is 0 Å². The molecule has 190 valence electrons. The average Bonchev–Trinajstić information content (AvgIpc) is 2.90. The van der Waals surface area contributed by atoms with Crippen LogP contribution in [0.15, 0.2) is 70.4 Å². The minimum Gasteiger partial charge on any atom is -0.480 e. The first-order valence-electron chi connectivity index (χ1n) is 11.3. The van der Waals surface area contributed by atoms with Crippen LogP contribution >= 0.6 is 11.6 Å². The molecule has 9 nitrogen and oxygen atoms in total. The number of rotatable bonds is 6. The molecular weight excluding hydrogens is 496 g/mol. The van der Waals surface area contributed by atoms with Gasteiger partial charge in [0, 0.05) is 20.3 Å². The van der Waals surface area contributed by atoms with Crippen molar-refractivity contribution in [1.29, 1.82) is 0 Å². The first-order valence-corrected chi connectivity index (χ1v) is 11.8. The Kier molecular flexibility index (Phi) is 7.00. The van der Waals surface area contributed by atoms with Gasteiger partial charge in [-0.2, -0.15) is 0 Å². The van der Waals surface area contributed by atoms with Crippen LogP contribution < -0.4 is 21.3 Å². The van der Waals surface area contributed by atoms with Crippen molar-refractivity contribution < 1.29 is 14.3 Å². The molecule has 2 heterocycles. The minimum atomic E-state index is -1.45. The van der Waals surface area contributed by atoms with E-state index in [4.69, 9.17) is 16.3 Å². The number of halogens is 1. The summed E-state index contributed by atoms with van der Waals surface area (Å²) in [5, 5.41) is 2.03. The molecule has 3 aromatic rings. The monoisotopic (exact) mass is 520 g/mol. The molecule has 0 fully saturated rings. The van der Waals surface area contributed by atoms with E-state index in [1.54, 1.807) is 18.2 Å². The fourth-order valence-electron chi connectivity index (χ4n) is 4.38. The molecule has 1 aliphatic rings. The zero-order chi connectivity index (χ0) is 26.9. The van der Waals surface area contributed by atoms with Crippen LogP contribution in [0.5, 0.6) is 5.88 Å². The number of pyridine rings is 1. The van der Waals surface area contributed by atoms with E-state index < -0.39 is 28.1 Å². The average molecular weight is 521 g/mol. The summed E-state index contributed by atoms with van der Waals surface area (Å²) in [6.07, 6.45) is 7.08. The summed E-state index contributed by atoms with van der Waals surface area (Å²) in [7, 11) is 4.13. The number of carbonyl (C=O) groups excluding carboxylic acids is 2. The lowest BCUT2D eigenvalue weighted by Gasteiger charge is -2.39. The molecule has 2 aromatic heterocycles. The predicted octanol–water partition coefficient (Wildman–Crippen LogP) is 2.49. The molecule has 1 N–H and O–H groups in total. The Labute approximate surface area is 217 Å². The van der Waals surface area contributed by atoms with Crippen LogP contribution in [0, 0.1) is 6.92 Å². The summed E-state index contributed by atoms with van der Waals surface area (Å²) >= 11 is 7.15. The van der Waals surface area contributed by atoms with Crippen LogP contribution in [0.4, 0.5) is 0 Å². The highest BCUT2D eigenvalue weighted by molar-refractivity contribution is 6.28. The lowest BCUT2D eigenvalue weighted by molar-refractivity contribution is 0.0912. The van der Waals surface area contributed by atoms with E-state index >= 15 is 0 Å². The zero-order valence-corrected chi connectivity index (χ0v) is 21.4. The van der Waals surface area contributed by atoms with Crippen molar-refractivity contribution in [2.75, 3.05) is 7.11 Å². The number of aryl methyl sites for hydroxylation is 2. The minimum absolute atomic E-state index is 0.0587. The van der Waals surface area contributed by atoms with E-state index in [9.17, 15) is 19.2 Å². The number of aromatic nitrogens is 3. The van der Waals surface area contributed by atoms with E-state index in [0.717, 1.165) is 25.8 Å². The third-order valence-corrected chi connectivity index (χ3v) is 6.99. The molecule has 0 bridgehead atoms. The summed E-state index contributed by atoms with van der Waals surface area (Å²) in [5.41, 5.74) is 0.0763. The maximum atomic E-state index is 13.6. The number of allylic oxidation sites excluding steroid dienone is 2. The summed E-state index contributed by atoms with van der Waals surface area (Å²) in [4.78, 5) is 54.6. The van der Waals surface area contributed by atoms with Gasteiger partial charge in [0.05, 0.1) is 23.7 Å². The van der Waals surface area contributed by atoms with Crippen LogP contribution in [-0.2, 0) is 19.6 Å². The molecule has 4 rings (SSSR count). The molecular formula is C27H25ClN4O5. The van der Waals surface area contributed by atoms with Gasteiger partial charge in [-0.15, -0.1) is 11.6 Å². The Bertz CT molecular complexity index is 1590. The van der Waals surface area contributed by atoms with Crippen LogP contribution in [-0.4, -0.2) is 38.8 Å². The number of hydrogen-bond donors (Lipinski definition) is 1. The molecule has 0 saturated carbocycles. The Balaban J connectivity index is 1.91. The van der Waals surface area contributed by atoms with Crippen LogP contribution in [0.1, 0.15) is 37.5 Å². The number of aldehydes is 1. The van der Waals surface area contributed by atoms with E-state index in [1.807, 2.05) is 37.3 Å². The maximum Gasteiger partial charge on any atom is 0.330 e. The molecule has 1 aliphatic carbocycles. The first kappa shape index (κ1) is 25.8. The van der Waals surface area contributed by atoms with Gasteiger partial charge in [0.25, 0.3) is 11.5 Å². The lowest BCUT2D eigenvalue weighted by atomic mass is 9.79. The number of benzene rings is 1. The number of alkyl halides is 1. The maximum absolute atomic E-state index is 13.6. The van der Waals surface area contributed by atoms with Crippen molar-refractivity contribution >= 4 is 29.4 Å². The van der Waals surface area contributed by atoms with Gasteiger partial charge in [-0.05, 0) is 35.8 Å². The van der Waals surface area contributed by atoms with Gasteiger partial charge >= 0.3 is 5.69 Å². The van der Waals surface area contributed by atoms with Gasteiger partial charge in [-0.1, -0.05) is 42.5 Å². The number of methoxy groups -OCH3 is 1. The third-order valence-electron chi connectivity index (χ3n) is 6.41. The molecule has 1 amide bonds. The molecule has 0 radical (unpaired) electrons. The largest absolute Gasteiger partial charge is 0.480 e. The molecule has 37 heavy (non-hydrogen) atoms. The van der Waals surface area contributed by atoms with Crippen molar-refractivity contribution in [2.24, 2.45) is 14.1 Å². The van der Waals surface area contributed by atoms with Gasteiger partial charge in [-0.25, -0.2) is 9.78 Å². The quantitative estimate of drug-likeness (QED) is 0.395. The fraction of sp³-hybridized carbons (Fsp3) is 0.222. The second kappa shape index (κ2) is 10.0. The first-order chi connectivity index (χ1) is 17.6. The zero-order valence-electron chi connectivity index (χ0n) is 20.7. The summed E-state index contributed by atoms with van der Waals surface area (Å²) in [6.45, 7) is 1.95. The Hall–Kier alpha value is -4.24. The number of nitrogens with one attached hydrogen (secondary N) is 1. The normalized spacial score (nSPS) is 18.7. The molecule has 0 spiro atoms. The van der Waals surface area contributed by atoms with Gasteiger partial charge < -0.3 is 14.6 Å². The second-order valence-electron chi connectivity index (χ2n) is 8.70. The van der Waals surface area contributed by atoms with Gasteiger partial charge in [0.2, 0.25) is 5.88 Å². The van der Waals surface area contributed by atoms with Gasteiger partial charge in [0.1, 0.15) is 11.1 Å². The topological polar surface area (TPSA) is 112 Å². The van der Waals surface area contributed by atoms with E-state index in [2.05, 4.69) is 10.3 Å². The van der Waals surface area contributed by atoms with Crippen LogP contribution in [0.25, 0.3) is 5.57 Å². The molecule has 0 aliphatic heterocycles. The molecule has 2 unspecified atom stereocenters. The van der Waals surface area contributed by atoms with E-state index in [0.29, 0.717) is 12.0 Å². The second-order valence-corrected chi connectivity index (χ2v) is 9.13. The number of amides is 1. The summed E-state index contributed by atoms with van der Waals surface area (Å²) in [5.74, 6) is -0.693. The molecule has 2 atom stereocenters. The number of ether oxygens (including phenoxy) is 1. The smallest absolute Gasteiger partial charge is 0.330 e. The number of hydrogen-bond acceptors (Lipinski definition) is 6. The Morgan fingerprint density at radius 1 is 1.19 bits per heavy atom. The number of carbonyl (C=O) groups is 2. The summed E-state index contributed by atoms with van der Waals surface area (Å²) in [6, 6.07) is 10.8. The molecule has 0 saturated heterocycles. The van der Waals surface area contributed by atoms with Crippen molar-refractivity contribution in [1.82, 2.24) is 19.4 Å². The van der Waals surface area contributed by atoms with Crippen LogP contribution in [0.3, 0.4) is 0 Å². The van der Waals surface area contributed by atoms with Crippen molar-refractivity contribution in [2.45, 2.75) is 17.8 Å². The summed E-state index contributed by atoms with van der Waals surface area (Å²) < 4.78 is 7.31. The SMILES string of the molecule is COc1nc(C2(NC(=O)c3cn(C)c(=O)n(C)c3=O)C=CC=C(c3ccccc3C)C2Cl)ccc1C=O. The Morgan fingerprint density at radius 2 is 1.92 bits per heavy atom. The highest BCUT2D eigenvalue weighted by atomic mass is 35.5. The molecule has 10 heteroatoms. The highest BCUT2D eigenvalue weighted by Gasteiger charge is 2.45. The lowest BCUT2D eigenvalue weighted by Crippen LogP contribution is -2.54. The van der Waals surface area contributed by atoms with Crippen molar-refractivity contribution in [3.8, 4) is 5.88 Å². The third kappa shape index (κ3) is 4.42. The fourth-order valence-corrected chi connectivity index (χ4v) is 4.81. The van der Waals surface area contributed by atoms with Gasteiger partial charge in [-0.3, -0.25) is 19.0 Å². The molecule has 1 aromatic carbocycles. The van der Waals surface area contributed by atoms with E-state index in [-0.39, 0.29) is 17.0 Å². The highest BCUT2D eigenvalue weighted by Crippen LogP contribution is 2.42.